The van der Waals surface area contributed by atoms with E-state index in [-0.39, 0.29) is 6.03 Å². The second-order valence-electron chi connectivity index (χ2n) is 4.64. The van der Waals surface area contributed by atoms with Crippen LogP contribution < -0.4 is 21.3 Å². The second-order valence-corrected chi connectivity index (χ2v) is 4.64. The number of anilines is 4. The Morgan fingerprint density at radius 3 is 1.80 bits per heavy atom. The molecule has 0 fully saturated rings. The molecule has 0 aromatic heterocycles. The minimum absolute atomic E-state index is 0.285. The van der Waals surface area contributed by atoms with Crippen LogP contribution in [0.3, 0.4) is 0 Å². The SMILES string of the molecule is CN(C)c1ccc(NC(=O)Nc2ccc(N)cc2)cc1. The summed E-state index contributed by atoms with van der Waals surface area (Å²) in [4.78, 5) is 13.8. The zero-order valence-corrected chi connectivity index (χ0v) is 11.6. The zero-order valence-electron chi connectivity index (χ0n) is 11.6. The fourth-order valence-electron chi connectivity index (χ4n) is 1.70. The van der Waals surface area contributed by atoms with Crippen LogP contribution in [0.2, 0.25) is 0 Å². The van der Waals surface area contributed by atoms with Crippen molar-refractivity contribution in [1.82, 2.24) is 0 Å². The number of carbonyl (C=O) groups excluding carboxylic acids is 1. The smallest absolute Gasteiger partial charge is 0.323 e. The molecule has 0 aliphatic rings. The molecule has 5 heteroatoms. The van der Waals surface area contributed by atoms with E-state index < -0.39 is 0 Å². The van der Waals surface area contributed by atoms with Gasteiger partial charge in [0.05, 0.1) is 0 Å². The number of nitrogens with one attached hydrogen (secondary N) is 2. The molecule has 20 heavy (non-hydrogen) atoms. The third kappa shape index (κ3) is 3.65. The van der Waals surface area contributed by atoms with Gasteiger partial charge in [-0.1, -0.05) is 0 Å². The minimum atomic E-state index is -0.285. The molecular formula is C15H18N4O. The van der Waals surface area contributed by atoms with Crippen LogP contribution in [0.1, 0.15) is 0 Å². The Labute approximate surface area is 118 Å². The number of rotatable bonds is 3. The Hall–Kier alpha value is -2.69. The third-order valence-corrected chi connectivity index (χ3v) is 2.81. The summed E-state index contributed by atoms with van der Waals surface area (Å²) in [6, 6.07) is 14.3. The molecule has 0 saturated carbocycles. The van der Waals surface area contributed by atoms with Crippen LogP contribution in [0.15, 0.2) is 48.5 Å². The first-order chi connectivity index (χ1) is 9.54. The number of hydrogen-bond donors (Lipinski definition) is 3. The van der Waals surface area contributed by atoms with Crippen molar-refractivity contribution >= 4 is 28.8 Å². The highest BCUT2D eigenvalue weighted by molar-refractivity contribution is 5.99. The number of benzene rings is 2. The molecule has 5 nitrogen and oxygen atoms in total. The Morgan fingerprint density at radius 2 is 1.35 bits per heavy atom. The fourth-order valence-corrected chi connectivity index (χ4v) is 1.70. The highest BCUT2D eigenvalue weighted by atomic mass is 16.2. The van der Waals surface area contributed by atoms with Crippen LogP contribution >= 0.6 is 0 Å². The molecule has 2 rings (SSSR count). The van der Waals surface area contributed by atoms with Gasteiger partial charge < -0.3 is 21.3 Å². The molecule has 4 N–H and O–H groups in total. The number of nitrogen functional groups attached to an aromatic ring is 1. The summed E-state index contributed by atoms with van der Waals surface area (Å²) in [6.07, 6.45) is 0. The standard InChI is InChI=1S/C15H18N4O/c1-19(2)14-9-7-13(8-10-14)18-15(20)17-12-5-3-11(16)4-6-12/h3-10H,16H2,1-2H3,(H2,17,18,20). The summed E-state index contributed by atoms with van der Waals surface area (Å²) in [6.45, 7) is 0. The summed E-state index contributed by atoms with van der Waals surface area (Å²) in [5.41, 5.74) is 8.76. The van der Waals surface area contributed by atoms with Crippen molar-refractivity contribution in [1.29, 1.82) is 0 Å². The Bertz CT molecular complexity index is 576. The van der Waals surface area contributed by atoms with Crippen molar-refractivity contribution in [2.45, 2.75) is 0 Å². The van der Waals surface area contributed by atoms with Crippen LogP contribution in [0.25, 0.3) is 0 Å². The van der Waals surface area contributed by atoms with Gasteiger partial charge in [-0.3, -0.25) is 0 Å². The average molecular weight is 270 g/mol. The largest absolute Gasteiger partial charge is 0.399 e. The van der Waals surface area contributed by atoms with Crippen LogP contribution in [0.4, 0.5) is 27.5 Å². The van der Waals surface area contributed by atoms with E-state index in [9.17, 15) is 4.79 Å². The predicted octanol–water partition coefficient (Wildman–Crippen LogP) is 2.98. The quantitative estimate of drug-likeness (QED) is 0.751. The summed E-state index contributed by atoms with van der Waals surface area (Å²) >= 11 is 0. The average Bonchev–Trinajstić information content (AvgIpc) is 2.42. The van der Waals surface area contributed by atoms with Crippen molar-refractivity contribution in [3.63, 3.8) is 0 Å². The van der Waals surface area contributed by atoms with Crippen molar-refractivity contribution < 1.29 is 4.79 Å². The topological polar surface area (TPSA) is 70.4 Å². The maximum atomic E-state index is 11.8. The van der Waals surface area contributed by atoms with E-state index in [4.69, 9.17) is 5.73 Å². The Balaban J connectivity index is 1.95. The lowest BCUT2D eigenvalue weighted by molar-refractivity contribution is 0.262. The Kier molecular flexibility index (Phi) is 4.10. The summed E-state index contributed by atoms with van der Waals surface area (Å²) < 4.78 is 0. The molecule has 0 radical (unpaired) electrons. The van der Waals surface area contributed by atoms with E-state index in [1.165, 1.54) is 0 Å². The van der Waals surface area contributed by atoms with E-state index in [1.807, 2.05) is 43.3 Å². The first-order valence-electron chi connectivity index (χ1n) is 6.25. The number of nitrogens with zero attached hydrogens (tertiary/aromatic N) is 1. The molecule has 0 bridgehead atoms. The van der Waals surface area contributed by atoms with Crippen LogP contribution in [0.5, 0.6) is 0 Å². The van der Waals surface area contributed by atoms with E-state index in [2.05, 4.69) is 10.6 Å². The maximum absolute atomic E-state index is 11.8. The van der Waals surface area contributed by atoms with Gasteiger partial charge in [0.2, 0.25) is 0 Å². The monoisotopic (exact) mass is 270 g/mol. The van der Waals surface area contributed by atoms with Crippen molar-refractivity contribution in [3.05, 3.63) is 48.5 Å². The van der Waals surface area contributed by atoms with E-state index >= 15 is 0 Å². The van der Waals surface area contributed by atoms with Gasteiger partial charge in [-0.2, -0.15) is 0 Å². The summed E-state index contributed by atoms with van der Waals surface area (Å²) in [5.74, 6) is 0. The molecule has 2 aromatic rings. The third-order valence-electron chi connectivity index (χ3n) is 2.81. The number of urea groups is 1. The Morgan fingerprint density at radius 1 is 0.900 bits per heavy atom. The van der Waals surface area contributed by atoms with Gasteiger partial charge in [0.25, 0.3) is 0 Å². The molecule has 0 spiro atoms. The van der Waals surface area contributed by atoms with Gasteiger partial charge in [-0.05, 0) is 48.5 Å². The molecule has 0 aliphatic carbocycles. The molecule has 0 unspecified atom stereocenters. The van der Waals surface area contributed by atoms with Gasteiger partial charge in [-0.15, -0.1) is 0 Å². The molecule has 0 atom stereocenters. The number of nitrogens with two attached hydrogens (primary N) is 1. The molecule has 0 saturated heterocycles. The van der Waals surface area contributed by atoms with Gasteiger partial charge in [0.15, 0.2) is 0 Å². The number of carbonyl (C=O) groups is 1. The van der Waals surface area contributed by atoms with Gasteiger partial charge in [0, 0.05) is 36.8 Å². The maximum Gasteiger partial charge on any atom is 0.323 e. The van der Waals surface area contributed by atoms with Gasteiger partial charge >= 0.3 is 6.03 Å². The van der Waals surface area contributed by atoms with Crippen molar-refractivity contribution in [2.24, 2.45) is 0 Å². The molecule has 0 aliphatic heterocycles. The van der Waals surface area contributed by atoms with E-state index in [0.717, 1.165) is 11.4 Å². The molecule has 104 valence electrons. The van der Waals surface area contributed by atoms with Gasteiger partial charge in [0.1, 0.15) is 0 Å². The lowest BCUT2D eigenvalue weighted by atomic mass is 10.2. The first kappa shape index (κ1) is 13.7. The highest BCUT2D eigenvalue weighted by Gasteiger charge is 2.03. The zero-order chi connectivity index (χ0) is 14.5. The van der Waals surface area contributed by atoms with Gasteiger partial charge in [-0.25, -0.2) is 4.79 Å². The minimum Gasteiger partial charge on any atom is -0.399 e. The molecular weight excluding hydrogens is 252 g/mol. The van der Waals surface area contributed by atoms with Crippen molar-refractivity contribution in [3.8, 4) is 0 Å². The van der Waals surface area contributed by atoms with E-state index in [1.54, 1.807) is 24.3 Å². The second kappa shape index (κ2) is 5.97. The van der Waals surface area contributed by atoms with Crippen LogP contribution in [-0.2, 0) is 0 Å². The number of amides is 2. The molecule has 2 amide bonds. The highest BCUT2D eigenvalue weighted by Crippen LogP contribution is 2.16. The summed E-state index contributed by atoms with van der Waals surface area (Å²) in [7, 11) is 3.94. The summed E-state index contributed by atoms with van der Waals surface area (Å²) in [5, 5.41) is 5.51. The van der Waals surface area contributed by atoms with Crippen LogP contribution in [-0.4, -0.2) is 20.1 Å². The lowest BCUT2D eigenvalue weighted by Crippen LogP contribution is -2.19. The fraction of sp³-hybridized carbons (Fsp3) is 0.133. The van der Waals surface area contributed by atoms with Crippen molar-refractivity contribution in [2.75, 3.05) is 35.4 Å². The van der Waals surface area contributed by atoms with Crippen LogP contribution in [0, 0.1) is 0 Å². The molecule has 2 aromatic carbocycles. The van der Waals surface area contributed by atoms with E-state index in [0.29, 0.717) is 11.4 Å². The number of hydrogen-bond acceptors (Lipinski definition) is 3. The first-order valence-corrected chi connectivity index (χ1v) is 6.25. The lowest BCUT2D eigenvalue weighted by Gasteiger charge is -2.13. The molecule has 0 heterocycles. The predicted molar refractivity (Wildman–Crippen MR) is 84.3 cm³/mol. The normalized spacial score (nSPS) is 9.90.